The van der Waals surface area contributed by atoms with Crippen LogP contribution in [-0.2, 0) is 17.6 Å². The summed E-state index contributed by atoms with van der Waals surface area (Å²) in [5.41, 5.74) is 1.48. The lowest BCUT2D eigenvalue weighted by Crippen LogP contribution is -2.29. The van der Waals surface area contributed by atoms with E-state index in [-0.39, 0.29) is 11.5 Å². The fraction of sp³-hybridized carbons (Fsp3) is 0.409. The van der Waals surface area contributed by atoms with E-state index in [1.807, 2.05) is 0 Å². The van der Waals surface area contributed by atoms with E-state index in [4.69, 9.17) is 21.3 Å². The molecule has 0 saturated heterocycles. The Labute approximate surface area is 194 Å². The summed E-state index contributed by atoms with van der Waals surface area (Å²) in [6, 6.07) is 5.15. The van der Waals surface area contributed by atoms with Crippen LogP contribution in [0.25, 0.3) is 15.9 Å². The molecule has 2 aromatic heterocycles. The van der Waals surface area contributed by atoms with Gasteiger partial charge in [-0.2, -0.15) is 0 Å². The average molecular weight is 478 g/mol. The zero-order valence-electron chi connectivity index (χ0n) is 17.8. The van der Waals surface area contributed by atoms with Crippen molar-refractivity contribution < 1.29 is 9.53 Å². The lowest BCUT2D eigenvalue weighted by molar-refractivity contribution is -0.119. The number of carbonyl (C=O) groups is 1. The second-order valence-corrected chi connectivity index (χ2v) is 10.6. The molecule has 9 heteroatoms. The number of halogens is 1. The highest BCUT2D eigenvalue weighted by Gasteiger charge is 2.27. The Kier molecular flexibility index (Phi) is 6.32. The first kappa shape index (κ1) is 22.2. The Morgan fingerprint density at radius 1 is 1.45 bits per heavy atom. The zero-order valence-corrected chi connectivity index (χ0v) is 20.2. The summed E-state index contributed by atoms with van der Waals surface area (Å²) in [6.07, 6.45) is 2.90. The molecule has 164 valence electrons. The van der Waals surface area contributed by atoms with Gasteiger partial charge in [0.2, 0.25) is 5.91 Å². The SMILES string of the molecule is CNC(=O)C(C)Sc1nc2sc3c(c2c(=O)n1-c1cc(Cl)ccc1OC)CCC(C)C3. The first-order chi connectivity index (χ1) is 14.8. The van der Waals surface area contributed by atoms with Gasteiger partial charge in [0.1, 0.15) is 10.6 Å². The largest absolute Gasteiger partial charge is 0.495 e. The fourth-order valence-electron chi connectivity index (χ4n) is 3.92. The van der Waals surface area contributed by atoms with Crippen LogP contribution in [0.5, 0.6) is 5.75 Å². The van der Waals surface area contributed by atoms with Crippen molar-refractivity contribution in [2.75, 3.05) is 14.2 Å². The van der Waals surface area contributed by atoms with Crippen molar-refractivity contribution in [1.82, 2.24) is 14.9 Å². The number of hydrogen-bond acceptors (Lipinski definition) is 6. The van der Waals surface area contributed by atoms with Gasteiger partial charge in [-0.3, -0.25) is 14.2 Å². The number of hydrogen-bond donors (Lipinski definition) is 1. The van der Waals surface area contributed by atoms with E-state index in [1.54, 1.807) is 55.2 Å². The molecule has 0 spiro atoms. The molecule has 0 fully saturated rings. The van der Waals surface area contributed by atoms with E-state index in [1.165, 1.54) is 16.6 Å². The third-order valence-corrected chi connectivity index (χ3v) is 8.01. The number of methoxy groups -OCH3 is 1. The summed E-state index contributed by atoms with van der Waals surface area (Å²) in [6.45, 7) is 4.03. The molecule has 1 amide bonds. The minimum Gasteiger partial charge on any atom is -0.495 e. The van der Waals surface area contributed by atoms with E-state index in [0.29, 0.717) is 32.9 Å². The molecule has 2 heterocycles. The van der Waals surface area contributed by atoms with Crippen LogP contribution in [0.4, 0.5) is 0 Å². The highest BCUT2D eigenvalue weighted by molar-refractivity contribution is 8.00. The molecule has 2 unspecified atom stereocenters. The number of nitrogens with one attached hydrogen (secondary N) is 1. The standard InChI is InChI=1S/C22H24ClN3O3S2/c1-11-5-7-14-17(9-11)31-20-18(14)21(28)26(15-10-13(23)6-8-16(15)29-4)22(25-20)30-12(2)19(27)24-3/h6,8,10-12H,5,7,9H2,1-4H3,(H,24,27). The number of nitrogens with zero attached hydrogens (tertiary/aromatic N) is 2. The first-order valence-corrected chi connectivity index (χ1v) is 12.2. The number of aromatic nitrogens is 2. The quantitative estimate of drug-likeness (QED) is 0.434. The van der Waals surface area contributed by atoms with E-state index >= 15 is 0 Å². The monoisotopic (exact) mass is 477 g/mol. The van der Waals surface area contributed by atoms with E-state index < -0.39 is 5.25 Å². The van der Waals surface area contributed by atoms with Crippen LogP contribution >= 0.6 is 34.7 Å². The Morgan fingerprint density at radius 3 is 2.94 bits per heavy atom. The van der Waals surface area contributed by atoms with Crippen molar-refractivity contribution >= 4 is 50.8 Å². The molecule has 0 aliphatic heterocycles. The molecule has 2 atom stereocenters. The normalized spacial score (nSPS) is 16.7. The van der Waals surface area contributed by atoms with Crippen LogP contribution in [0.1, 0.15) is 30.7 Å². The van der Waals surface area contributed by atoms with Gasteiger partial charge in [-0.05, 0) is 55.9 Å². The molecule has 0 radical (unpaired) electrons. The van der Waals surface area contributed by atoms with E-state index in [9.17, 15) is 9.59 Å². The smallest absolute Gasteiger partial charge is 0.267 e. The molecule has 1 aliphatic rings. The third-order valence-electron chi connectivity index (χ3n) is 5.58. The average Bonchev–Trinajstić information content (AvgIpc) is 3.10. The number of fused-ring (bicyclic) bond motifs is 3. The van der Waals surface area contributed by atoms with Crippen LogP contribution in [0.15, 0.2) is 28.2 Å². The molecule has 0 saturated carbocycles. The zero-order chi connectivity index (χ0) is 22.3. The fourth-order valence-corrected chi connectivity index (χ4v) is 6.48. The number of thiophene rings is 1. The molecule has 6 nitrogen and oxygen atoms in total. The third kappa shape index (κ3) is 4.08. The van der Waals surface area contributed by atoms with Gasteiger partial charge in [-0.15, -0.1) is 11.3 Å². The Balaban J connectivity index is 2.00. The molecule has 0 bridgehead atoms. The molecule has 1 aromatic carbocycles. The van der Waals surface area contributed by atoms with Gasteiger partial charge in [-0.1, -0.05) is 30.3 Å². The number of amides is 1. The van der Waals surface area contributed by atoms with Crippen molar-refractivity contribution in [1.29, 1.82) is 0 Å². The highest BCUT2D eigenvalue weighted by atomic mass is 35.5. The van der Waals surface area contributed by atoms with E-state index in [0.717, 1.165) is 29.7 Å². The maximum atomic E-state index is 13.9. The maximum Gasteiger partial charge on any atom is 0.267 e. The molecular formula is C22H24ClN3O3S2. The lowest BCUT2D eigenvalue weighted by Gasteiger charge is -2.19. The lowest BCUT2D eigenvalue weighted by atomic mass is 9.89. The van der Waals surface area contributed by atoms with Gasteiger partial charge in [-0.25, -0.2) is 4.98 Å². The molecule has 3 aromatic rings. The molecule has 1 aliphatic carbocycles. The number of thioether (sulfide) groups is 1. The highest BCUT2D eigenvalue weighted by Crippen LogP contribution is 2.38. The molecule has 1 N–H and O–H groups in total. The number of rotatable bonds is 5. The number of ether oxygens (including phenoxy) is 1. The van der Waals surface area contributed by atoms with Crippen LogP contribution in [0.3, 0.4) is 0 Å². The summed E-state index contributed by atoms with van der Waals surface area (Å²) in [5.74, 6) is 0.973. The second-order valence-electron chi connectivity index (χ2n) is 7.76. The van der Waals surface area contributed by atoms with Crippen molar-refractivity contribution in [2.45, 2.75) is 43.5 Å². The maximum absolute atomic E-state index is 13.9. The summed E-state index contributed by atoms with van der Waals surface area (Å²) in [4.78, 5) is 32.9. The van der Waals surface area contributed by atoms with Gasteiger partial charge >= 0.3 is 0 Å². The van der Waals surface area contributed by atoms with E-state index in [2.05, 4.69) is 12.2 Å². The first-order valence-electron chi connectivity index (χ1n) is 10.1. The minimum absolute atomic E-state index is 0.136. The number of benzene rings is 1. The molecular weight excluding hydrogens is 454 g/mol. The van der Waals surface area contributed by atoms with Crippen LogP contribution in [0.2, 0.25) is 5.02 Å². The van der Waals surface area contributed by atoms with Gasteiger partial charge in [0.25, 0.3) is 5.56 Å². The van der Waals surface area contributed by atoms with Crippen LogP contribution in [-0.4, -0.2) is 34.9 Å². The van der Waals surface area contributed by atoms with Crippen molar-refractivity contribution in [3.8, 4) is 11.4 Å². The van der Waals surface area contributed by atoms with Crippen molar-refractivity contribution in [2.24, 2.45) is 5.92 Å². The molecule has 4 rings (SSSR count). The summed E-state index contributed by atoms with van der Waals surface area (Å²) >= 11 is 9.12. The van der Waals surface area contributed by atoms with Gasteiger partial charge in [0, 0.05) is 16.9 Å². The molecule has 31 heavy (non-hydrogen) atoms. The summed E-state index contributed by atoms with van der Waals surface area (Å²) in [7, 11) is 3.15. The number of carbonyl (C=O) groups excluding carboxylic acids is 1. The van der Waals surface area contributed by atoms with Crippen LogP contribution < -0.4 is 15.6 Å². The topological polar surface area (TPSA) is 73.2 Å². The van der Waals surface area contributed by atoms with Crippen molar-refractivity contribution in [3.63, 3.8) is 0 Å². The van der Waals surface area contributed by atoms with Crippen molar-refractivity contribution in [3.05, 3.63) is 44.0 Å². The van der Waals surface area contributed by atoms with Gasteiger partial charge in [0.05, 0.1) is 23.4 Å². The predicted molar refractivity (Wildman–Crippen MR) is 127 cm³/mol. The van der Waals surface area contributed by atoms with Gasteiger partial charge in [0.15, 0.2) is 5.16 Å². The summed E-state index contributed by atoms with van der Waals surface area (Å²) < 4.78 is 7.07. The summed E-state index contributed by atoms with van der Waals surface area (Å²) in [5, 5.41) is 3.83. The Morgan fingerprint density at radius 2 is 2.23 bits per heavy atom. The Hall–Kier alpha value is -2.03. The Bertz CT molecular complexity index is 1220. The second kappa shape index (κ2) is 8.84. The predicted octanol–water partition coefficient (Wildman–Crippen LogP) is 4.46. The minimum atomic E-state index is -0.430. The van der Waals surface area contributed by atoms with Crippen LogP contribution in [0, 0.1) is 5.92 Å². The van der Waals surface area contributed by atoms with Gasteiger partial charge < -0.3 is 10.1 Å². The number of aryl methyl sites for hydroxylation is 1.